The molecule has 5 nitrogen and oxygen atoms in total. The van der Waals surface area contributed by atoms with E-state index in [1.807, 2.05) is 13.8 Å². The van der Waals surface area contributed by atoms with Gasteiger partial charge in [0.05, 0.1) is 34.5 Å². The van der Waals surface area contributed by atoms with Gasteiger partial charge in [-0.3, -0.25) is 4.98 Å². The minimum atomic E-state index is 0.624. The summed E-state index contributed by atoms with van der Waals surface area (Å²) in [5, 5.41) is 8.38. The molecule has 0 saturated carbocycles. The van der Waals surface area contributed by atoms with Crippen molar-refractivity contribution >= 4 is 11.6 Å². The Labute approximate surface area is 124 Å². The van der Waals surface area contributed by atoms with Gasteiger partial charge in [-0.05, 0) is 26.3 Å². The molecule has 2 heterocycles. The van der Waals surface area contributed by atoms with Gasteiger partial charge in [-0.1, -0.05) is 25.4 Å². The van der Waals surface area contributed by atoms with Gasteiger partial charge in [-0.15, -0.1) is 0 Å². The molecule has 2 rings (SSSR count). The molecule has 2 aromatic rings. The summed E-state index contributed by atoms with van der Waals surface area (Å²) in [5.74, 6) is 1.31. The van der Waals surface area contributed by atoms with Crippen LogP contribution in [0, 0.1) is 19.8 Å². The molecular formula is C14H20ClN5. The molecule has 1 N–H and O–H groups in total. The summed E-state index contributed by atoms with van der Waals surface area (Å²) < 4.78 is 1.72. The maximum atomic E-state index is 6.14. The van der Waals surface area contributed by atoms with Gasteiger partial charge in [0, 0.05) is 6.54 Å². The molecule has 0 aliphatic rings. The molecule has 20 heavy (non-hydrogen) atoms. The molecule has 0 unspecified atom stereocenters. The summed E-state index contributed by atoms with van der Waals surface area (Å²) in [7, 11) is 0. The van der Waals surface area contributed by atoms with Crippen LogP contribution >= 0.6 is 11.6 Å². The molecule has 0 atom stereocenters. The topological polar surface area (TPSA) is 55.6 Å². The van der Waals surface area contributed by atoms with Crippen molar-refractivity contribution in [2.75, 3.05) is 6.54 Å². The largest absolute Gasteiger partial charge is 0.311 e. The number of hydrogen-bond donors (Lipinski definition) is 1. The Morgan fingerprint density at radius 2 is 2.00 bits per heavy atom. The van der Waals surface area contributed by atoms with Crippen molar-refractivity contribution in [2.24, 2.45) is 5.92 Å². The molecule has 2 aromatic heterocycles. The van der Waals surface area contributed by atoms with Gasteiger partial charge in [0.1, 0.15) is 0 Å². The van der Waals surface area contributed by atoms with Crippen molar-refractivity contribution in [3.05, 3.63) is 34.5 Å². The average Bonchev–Trinajstić information content (AvgIpc) is 2.67. The van der Waals surface area contributed by atoms with Crippen LogP contribution in [-0.2, 0) is 6.54 Å². The van der Waals surface area contributed by atoms with E-state index >= 15 is 0 Å². The molecule has 0 bridgehead atoms. The quantitative estimate of drug-likeness (QED) is 0.921. The third-order valence-electron chi connectivity index (χ3n) is 2.97. The van der Waals surface area contributed by atoms with Crippen LogP contribution in [0.25, 0.3) is 5.82 Å². The predicted molar refractivity (Wildman–Crippen MR) is 80.2 cm³/mol. The molecule has 0 aromatic carbocycles. The SMILES string of the molecule is Cc1nn(-c2cnc(CNCC(C)C)cn2)c(C)c1Cl. The first kappa shape index (κ1) is 14.9. The van der Waals surface area contributed by atoms with Gasteiger partial charge < -0.3 is 5.32 Å². The predicted octanol–water partition coefficient (Wildman–Crippen LogP) is 2.68. The van der Waals surface area contributed by atoms with Gasteiger partial charge in [0.2, 0.25) is 0 Å². The number of hydrogen-bond acceptors (Lipinski definition) is 4. The Hall–Kier alpha value is -1.46. The second-order valence-corrected chi connectivity index (χ2v) is 5.67. The summed E-state index contributed by atoms with van der Waals surface area (Å²) in [6.07, 6.45) is 3.50. The van der Waals surface area contributed by atoms with Gasteiger partial charge in [0.25, 0.3) is 0 Å². The fourth-order valence-electron chi connectivity index (χ4n) is 1.88. The molecule has 0 fully saturated rings. The summed E-state index contributed by atoms with van der Waals surface area (Å²) >= 11 is 6.14. The first-order valence-electron chi connectivity index (χ1n) is 6.72. The van der Waals surface area contributed by atoms with Crippen LogP contribution in [0.5, 0.6) is 0 Å². The third kappa shape index (κ3) is 3.35. The summed E-state index contributed by atoms with van der Waals surface area (Å²) in [5.41, 5.74) is 2.60. The fourth-order valence-corrected chi connectivity index (χ4v) is 2.00. The minimum absolute atomic E-state index is 0.624. The molecule has 0 radical (unpaired) electrons. The molecular weight excluding hydrogens is 274 g/mol. The number of nitrogens with zero attached hydrogens (tertiary/aromatic N) is 4. The number of aromatic nitrogens is 4. The lowest BCUT2D eigenvalue weighted by Crippen LogP contribution is -2.19. The first-order valence-corrected chi connectivity index (χ1v) is 7.10. The molecule has 0 spiro atoms. The Balaban J connectivity index is 2.10. The third-order valence-corrected chi connectivity index (χ3v) is 3.52. The highest BCUT2D eigenvalue weighted by Crippen LogP contribution is 2.21. The van der Waals surface area contributed by atoms with Crippen LogP contribution in [0.2, 0.25) is 5.02 Å². The summed E-state index contributed by atoms with van der Waals surface area (Å²) in [6, 6.07) is 0. The van der Waals surface area contributed by atoms with Crippen LogP contribution in [0.15, 0.2) is 12.4 Å². The van der Waals surface area contributed by atoms with Crippen LogP contribution in [0.4, 0.5) is 0 Å². The van der Waals surface area contributed by atoms with E-state index in [0.717, 1.165) is 30.2 Å². The van der Waals surface area contributed by atoms with E-state index in [1.165, 1.54) is 0 Å². The van der Waals surface area contributed by atoms with Crippen molar-refractivity contribution in [3.8, 4) is 5.82 Å². The molecule has 108 valence electrons. The average molecular weight is 294 g/mol. The fraction of sp³-hybridized carbons (Fsp3) is 0.500. The molecule has 0 aliphatic carbocycles. The maximum absolute atomic E-state index is 6.14. The van der Waals surface area contributed by atoms with Gasteiger partial charge in [-0.2, -0.15) is 5.10 Å². The number of halogens is 1. The number of nitrogens with one attached hydrogen (secondary N) is 1. The van der Waals surface area contributed by atoms with Crippen molar-refractivity contribution in [1.29, 1.82) is 0 Å². The summed E-state index contributed by atoms with van der Waals surface area (Å²) in [4.78, 5) is 8.80. The van der Waals surface area contributed by atoms with E-state index < -0.39 is 0 Å². The Morgan fingerprint density at radius 1 is 1.25 bits per heavy atom. The van der Waals surface area contributed by atoms with Crippen molar-refractivity contribution in [2.45, 2.75) is 34.2 Å². The molecule has 0 amide bonds. The lowest BCUT2D eigenvalue weighted by Gasteiger charge is -2.07. The zero-order chi connectivity index (χ0) is 14.7. The normalized spacial score (nSPS) is 11.3. The van der Waals surface area contributed by atoms with E-state index in [0.29, 0.717) is 16.8 Å². The van der Waals surface area contributed by atoms with Gasteiger partial charge in [-0.25, -0.2) is 9.67 Å². The van der Waals surface area contributed by atoms with Gasteiger partial charge >= 0.3 is 0 Å². The van der Waals surface area contributed by atoms with Crippen LogP contribution < -0.4 is 5.32 Å². The zero-order valence-electron chi connectivity index (χ0n) is 12.3. The standard InChI is InChI=1S/C14H20ClN5/c1-9(2)5-16-6-12-7-18-13(8-17-12)20-11(4)14(15)10(3)19-20/h7-9,16H,5-6H2,1-4H3. The lowest BCUT2D eigenvalue weighted by molar-refractivity contribution is 0.547. The highest BCUT2D eigenvalue weighted by atomic mass is 35.5. The smallest absolute Gasteiger partial charge is 0.172 e. The van der Waals surface area contributed by atoms with Crippen molar-refractivity contribution in [3.63, 3.8) is 0 Å². The zero-order valence-corrected chi connectivity index (χ0v) is 13.1. The Bertz CT molecular complexity index is 574. The summed E-state index contributed by atoms with van der Waals surface area (Å²) in [6.45, 7) is 9.84. The number of aryl methyl sites for hydroxylation is 1. The van der Waals surface area contributed by atoms with Gasteiger partial charge in [0.15, 0.2) is 5.82 Å². The number of rotatable bonds is 5. The minimum Gasteiger partial charge on any atom is -0.311 e. The Kier molecular flexibility index (Phi) is 4.73. The van der Waals surface area contributed by atoms with Crippen LogP contribution in [0.1, 0.15) is 30.9 Å². The van der Waals surface area contributed by atoms with E-state index in [2.05, 4.69) is 34.2 Å². The van der Waals surface area contributed by atoms with E-state index in [-0.39, 0.29) is 0 Å². The second-order valence-electron chi connectivity index (χ2n) is 5.29. The van der Waals surface area contributed by atoms with Crippen molar-refractivity contribution < 1.29 is 0 Å². The highest BCUT2D eigenvalue weighted by Gasteiger charge is 2.11. The first-order chi connectivity index (χ1) is 9.49. The lowest BCUT2D eigenvalue weighted by atomic mass is 10.2. The monoisotopic (exact) mass is 293 g/mol. The van der Waals surface area contributed by atoms with Crippen LogP contribution in [-0.4, -0.2) is 26.3 Å². The van der Waals surface area contributed by atoms with Crippen LogP contribution in [0.3, 0.4) is 0 Å². The molecule has 0 saturated heterocycles. The van der Waals surface area contributed by atoms with E-state index in [9.17, 15) is 0 Å². The van der Waals surface area contributed by atoms with Crippen molar-refractivity contribution in [1.82, 2.24) is 25.1 Å². The Morgan fingerprint density at radius 3 is 2.50 bits per heavy atom. The van der Waals surface area contributed by atoms with E-state index in [1.54, 1.807) is 17.1 Å². The second kappa shape index (κ2) is 6.33. The maximum Gasteiger partial charge on any atom is 0.172 e. The molecule has 6 heteroatoms. The molecule has 0 aliphatic heterocycles. The van der Waals surface area contributed by atoms with E-state index in [4.69, 9.17) is 11.6 Å². The highest BCUT2D eigenvalue weighted by molar-refractivity contribution is 6.31.